The predicted octanol–water partition coefficient (Wildman–Crippen LogP) is 2.60. The molecule has 4 nitrogen and oxygen atoms in total. The Kier molecular flexibility index (Phi) is 3.99. The lowest BCUT2D eigenvalue weighted by atomic mass is 9.99. The van der Waals surface area contributed by atoms with E-state index in [1.165, 1.54) is 25.3 Å². The van der Waals surface area contributed by atoms with Gasteiger partial charge in [0.25, 0.3) is 0 Å². The molecule has 0 saturated carbocycles. The van der Waals surface area contributed by atoms with Gasteiger partial charge in [0, 0.05) is 0 Å². The van der Waals surface area contributed by atoms with Crippen LogP contribution in [0.15, 0.2) is 18.2 Å². The van der Waals surface area contributed by atoms with E-state index >= 15 is 0 Å². The quantitative estimate of drug-likeness (QED) is 0.822. The molecule has 1 aromatic rings. The Morgan fingerprint density at radius 1 is 1.35 bits per heavy atom. The Morgan fingerprint density at radius 3 is 2.53 bits per heavy atom. The van der Waals surface area contributed by atoms with Crippen LogP contribution in [-0.2, 0) is 4.74 Å². The number of benzene rings is 1. The highest BCUT2D eigenvalue weighted by molar-refractivity contribution is 5.90. The van der Waals surface area contributed by atoms with E-state index in [9.17, 15) is 9.90 Å². The van der Waals surface area contributed by atoms with Crippen LogP contribution in [0.5, 0.6) is 11.5 Å². The molecule has 1 N–H and O–H groups in total. The summed E-state index contributed by atoms with van der Waals surface area (Å²) in [6, 6.07) is 4.37. The molecule has 0 spiro atoms. The molecule has 0 aliphatic carbocycles. The Bertz CT molecular complexity index is 404. The molecule has 0 atom stereocenters. The van der Waals surface area contributed by atoms with Gasteiger partial charge in [-0.25, -0.2) is 4.79 Å². The Morgan fingerprint density at radius 2 is 2.00 bits per heavy atom. The summed E-state index contributed by atoms with van der Waals surface area (Å²) in [6.45, 7) is 6.29. The van der Waals surface area contributed by atoms with Gasteiger partial charge in [0.2, 0.25) is 0 Å². The molecule has 0 aromatic heterocycles. The first-order chi connectivity index (χ1) is 7.83. The summed E-state index contributed by atoms with van der Waals surface area (Å²) < 4.78 is 10.1. The highest BCUT2D eigenvalue weighted by Crippen LogP contribution is 2.26. The van der Waals surface area contributed by atoms with Crippen molar-refractivity contribution in [3.05, 3.63) is 23.8 Å². The minimum absolute atomic E-state index is 0.000119. The van der Waals surface area contributed by atoms with E-state index < -0.39 is 5.97 Å². The van der Waals surface area contributed by atoms with Crippen LogP contribution in [0.25, 0.3) is 0 Å². The third-order valence-electron chi connectivity index (χ3n) is 2.05. The van der Waals surface area contributed by atoms with E-state index in [0.717, 1.165) is 0 Å². The monoisotopic (exact) mass is 238 g/mol. The molecule has 1 rings (SSSR count). The summed E-state index contributed by atoms with van der Waals surface area (Å²) in [5, 5.41) is 9.40. The number of phenolic OH excluding ortho intramolecular Hbond substituents is 1. The molecule has 4 heteroatoms. The van der Waals surface area contributed by atoms with Crippen LogP contribution >= 0.6 is 0 Å². The highest BCUT2D eigenvalue weighted by atomic mass is 16.5. The summed E-state index contributed by atoms with van der Waals surface area (Å²) in [7, 11) is 1.43. The van der Waals surface area contributed by atoms with E-state index in [2.05, 4.69) is 0 Å². The molecule has 1 aromatic carbocycles. The molecule has 94 valence electrons. The Hall–Kier alpha value is -1.71. The molecule has 0 bridgehead atoms. The van der Waals surface area contributed by atoms with Gasteiger partial charge in [-0.15, -0.1) is 0 Å². The lowest BCUT2D eigenvalue weighted by molar-refractivity contribution is 0.0366. The van der Waals surface area contributed by atoms with Crippen molar-refractivity contribution in [2.24, 2.45) is 5.41 Å². The van der Waals surface area contributed by atoms with Crippen LogP contribution in [0, 0.1) is 5.41 Å². The second kappa shape index (κ2) is 5.08. The van der Waals surface area contributed by atoms with Gasteiger partial charge in [-0.05, 0) is 23.6 Å². The third-order valence-corrected chi connectivity index (χ3v) is 2.05. The summed E-state index contributed by atoms with van der Waals surface area (Å²) in [5.41, 5.74) is 0.292. The fourth-order valence-electron chi connectivity index (χ4n) is 1.17. The maximum atomic E-state index is 11.7. The number of hydrogen-bond donors (Lipinski definition) is 1. The number of aromatic hydroxyl groups is 1. The van der Waals surface area contributed by atoms with Gasteiger partial charge in [0.1, 0.15) is 0 Å². The molecule has 0 aliphatic rings. The average Bonchev–Trinajstić information content (AvgIpc) is 2.25. The van der Waals surface area contributed by atoms with Crippen molar-refractivity contribution >= 4 is 5.97 Å². The lowest BCUT2D eigenvalue weighted by Gasteiger charge is -2.17. The number of esters is 1. The first kappa shape index (κ1) is 13.4. The van der Waals surface area contributed by atoms with E-state index in [4.69, 9.17) is 9.47 Å². The lowest BCUT2D eigenvalue weighted by Crippen LogP contribution is -2.18. The van der Waals surface area contributed by atoms with Crippen molar-refractivity contribution in [3.8, 4) is 11.5 Å². The molecule has 17 heavy (non-hydrogen) atoms. The standard InChI is InChI=1S/C13H18O4/c1-13(2,3)8-17-12(15)9-5-6-10(14)11(7-9)16-4/h5-7,14H,8H2,1-4H3. The highest BCUT2D eigenvalue weighted by Gasteiger charge is 2.16. The number of carbonyl (C=O) groups is 1. The van der Waals surface area contributed by atoms with Crippen LogP contribution in [0.4, 0.5) is 0 Å². The number of methoxy groups -OCH3 is 1. The Balaban J connectivity index is 2.76. The molecule has 0 aliphatic heterocycles. The normalized spacial score (nSPS) is 11.1. The molecule has 0 heterocycles. The van der Waals surface area contributed by atoms with Crippen molar-refractivity contribution in [1.82, 2.24) is 0 Å². The molecule has 0 fully saturated rings. The molecule has 0 unspecified atom stereocenters. The van der Waals surface area contributed by atoms with Crippen molar-refractivity contribution < 1.29 is 19.4 Å². The van der Waals surface area contributed by atoms with Gasteiger partial charge in [-0.2, -0.15) is 0 Å². The molecule has 0 saturated heterocycles. The van der Waals surface area contributed by atoms with Gasteiger partial charge < -0.3 is 14.6 Å². The largest absolute Gasteiger partial charge is 0.504 e. The summed E-state index contributed by atoms with van der Waals surface area (Å²) >= 11 is 0. The smallest absolute Gasteiger partial charge is 0.338 e. The number of hydrogen-bond acceptors (Lipinski definition) is 4. The van der Waals surface area contributed by atoms with Crippen LogP contribution in [0.3, 0.4) is 0 Å². The van der Waals surface area contributed by atoms with Crippen LogP contribution in [-0.4, -0.2) is 24.8 Å². The van der Waals surface area contributed by atoms with Crippen LogP contribution in [0.2, 0.25) is 0 Å². The fraction of sp³-hybridized carbons (Fsp3) is 0.462. The number of rotatable bonds is 3. The van der Waals surface area contributed by atoms with E-state index in [1.807, 2.05) is 20.8 Å². The predicted molar refractivity (Wildman–Crippen MR) is 64.4 cm³/mol. The minimum Gasteiger partial charge on any atom is -0.504 e. The fourth-order valence-corrected chi connectivity index (χ4v) is 1.17. The van der Waals surface area contributed by atoms with Crippen molar-refractivity contribution in [2.75, 3.05) is 13.7 Å². The number of carbonyl (C=O) groups excluding carboxylic acids is 1. The van der Waals surface area contributed by atoms with Crippen LogP contribution in [0.1, 0.15) is 31.1 Å². The van der Waals surface area contributed by atoms with E-state index in [1.54, 1.807) is 0 Å². The second-order valence-electron chi connectivity index (χ2n) is 5.02. The average molecular weight is 238 g/mol. The zero-order valence-electron chi connectivity index (χ0n) is 10.6. The van der Waals surface area contributed by atoms with Gasteiger partial charge in [-0.1, -0.05) is 20.8 Å². The minimum atomic E-state index is -0.418. The van der Waals surface area contributed by atoms with Crippen molar-refractivity contribution in [2.45, 2.75) is 20.8 Å². The van der Waals surface area contributed by atoms with Crippen molar-refractivity contribution in [3.63, 3.8) is 0 Å². The van der Waals surface area contributed by atoms with Gasteiger partial charge in [0.15, 0.2) is 11.5 Å². The zero-order chi connectivity index (χ0) is 13.1. The zero-order valence-corrected chi connectivity index (χ0v) is 10.6. The second-order valence-corrected chi connectivity index (χ2v) is 5.02. The molecule has 0 amide bonds. The Labute approximate surface area is 101 Å². The van der Waals surface area contributed by atoms with Gasteiger partial charge >= 0.3 is 5.97 Å². The van der Waals surface area contributed by atoms with Gasteiger partial charge in [-0.3, -0.25) is 0 Å². The SMILES string of the molecule is COc1cc(C(=O)OCC(C)(C)C)ccc1O. The van der Waals surface area contributed by atoms with E-state index in [0.29, 0.717) is 12.2 Å². The maximum absolute atomic E-state index is 11.7. The first-order valence-electron chi connectivity index (χ1n) is 5.37. The van der Waals surface area contributed by atoms with Crippen LogP contribution < -0.4 is 4.74 Å². The summed E-state index contributed by atoms with van der Waals surface area (Å²) in [4.78, 5) is 11.7. The van der Waals surface area contributed by atoms with Gasteiger partial charge in [0.05, 0.1) is 19.3 Å². The number of phenols is 1. The summed E-state index contributed by atoms with van der Waals surface area (Å²) in [6.07, 6.45) is 0. The number of ether oxygens (including phenoxy) is 2. The van der Waals surface area contributed by atoms with Crippen molar-refractivity contribution in [1.29, 1.82) is 0 Å². The topological polar surface area (TPSA) is 55.8 Å². The van der Waals surface area contributed by atoms with E-state index in [-0.39, 0.29) is 16.9 Å². The molecule has 0 radical (unpaired) electrons. The molecular weight excluding hydrogens is 220 g/mol. The summed E-state index contributed by atoms with van der Waals surface area (Å²) in [5.74, 6) is -0.159. The maximum Gasteiger partial charge on any atom is 0.338 e. The first-order valence-corrected chi connectivity index (χ1v) is 5.37. The molecular formula is C13H18O4. The third kappa shape index (κ3) is 3.98.